The van der Waals surface area contributed by atoms with Crippen LogP contribution in [0, 0.1) is 64.6 Å². The molecule has 4 amide bonds. The van der Waals surface area contributed by atoms with E-state index in [0.29, 0.717) is 95.5 Å². The molecule has 4 fully saturated rings. The number of likely N-dealkylation sites (N-methyl/N-ethyl adjacent to an activating group) is 1. The van der Waals surface area contributed by atoms with Crippen LogP contribution >= 0.6 is 11.3 Å². The van der Waals surface area contributed by atoms with E-state index in [-0.39, 0.29) is 101 Å². The van der Waals surface area contributed by atoms with Gasteiger partial charge in [-0.15, -0.1) is 11.3 Å². The van der Waals surface area contributed by atoms with E-state index < -0.39 is 23.5 Å². The van der Waals surface area contributed by atoms with E-state index in [4.69, 9.17) is 4.74 Å². The predicted molar refractivity (Wildman–Crippen MR) is 307 cm³/mol. The largest absolute Gasteiger partial charge is 0.507 e. The maximum absolute atomic E-state index is 13.7. The lowest BCUT2D eigenvalue weighted by Gasteiger charge is -2.61. The number of nitrogens with one attached hydrogen (secondary N) is 2. The van der Waals surface area contributed by atoms with Gasteiger partial charge in [0.05, 0.1) is 16.3 Å². The highest BCUT2D eigenvalue weighted by molar-refractivity contribution is 7.19. The number of nitriles is 1. The summed E-state index contributed by atoms with van der Waals surface area (Å²) in [6, 6.07) is 5.97. The molecular formula is C62H88N6O10S. The molecule has 0 spiro atoms. The number of ether oxygens (including phenoxy) is 1. The number of hydrogen-bond donors (Lipinski definition) is 6. The Morgan fingerprint density at radius 2 is 1.63 bits per heavy atom. The minimum absolute atomic E-state index is 0.0370. The standard InChI is InChI=1S/C62H88N6O10S/c1-37(45-21-22-46-44-20-18-41-33-42(69)25-27-61(41,7)47(44)26-28-62(45,46)8)17-24-52(71)65-49(58(75)76)15-12-13-29-64-51(70)16-11-10-14-30-68(59(77)78-43-19-23-48-50(34-43)79-53(36-63)66-48)32-31-67(9)54(72)35-60(5,6)55-40(4)56(73)38(2)39(3)57(55)74/h19,23,34,37,41-42,44-47,49,69,73-74H,3-4,10-18,20-22,24-33,35H2,1-2,5-9H3,(H,64,70)(H,65,71)(H,75,76). The van der Waals surface area contributed by atoms with E-state index >= 15 is 0 Å². The lowest BCUT2D eigenvalue weighted by Crippen LogP contribution is -2.54. The van der Waals surface area contributed by atoms with E-state index in [9.17, 15) is 49.7 Å². The van der Waals surface area contributed by atoms with Crippen molar-refractivity contribution in [2.75, 3.05) is 33.2 Å². The molecular weight excluding hydrogens is 1020 g/mol. The van der Waals surface area contributed by atoms with E-state index in [0.717, 1.165) is 37.5 Å². The van der Waals surface area contributed by atoms with Crippen LogP contribution in [-0.2, 0) is 24.6 Å². The lowest BCUT2D eigenvalue weighted by atomic mass is 9.44. The number of carboxylic acids is 1. The van der Waals surface area contributed by atoms with Gasteiger partial charge in [-0.2, -0.15) is 5.26 Å². The number of carbonyl (C=O) groups excluding carboxylic acids is 4. The summed E-state index contributed by atoms with van der Waals surface area (Å²) in [7, 11) is 1.63. The Morgan fingerprint density at radius 3 is 2.37 bits per heavy atom. The van der Waals surface area contributed by atoms with Gasteiger partial charge in [0.1, 0.15) is 29.4 Å². The first kappa shape index (κ1) is 60.9. The first-order valence-corrected chi connectivity index (χ1v) is 29.9. The molecule has 2 aromatic carbocycles. The van der Waals surface area contributed by atoms with Crippen LogP contribution in [0.4, 0.5) is 4.79 Å². The van der Waals surface area contributed by atoms with Crippen LogP contribution in [0.2, 0.25) is 0 Å². The zero-order chi connectivity index (χ0) is 57.6. The Morgan fingerprint density at radius 1 is 0.899 bits per heavy atom. The molecule has 16 nitrogen and oxygen atoms in total. The summed E-state index contributed by atoms with van der Waals surface area (Å²) in [6.07, 6.45) is 14.0. The number of hydrogen-bond acceptors (Lipinski definition) is 12. The highest BCUT2D eigenvalue weighted by Crippen LogP contribution is 2.68. The number of aliphatic hydroxyl groups is 1. The summed E-state index contributed by atoms with van der Waals surface area (Å²) in [4.78, 5) is 73.0. The van der Waals surface area contributed by atoms with Crippen LogP contribution in [0.1, 0.15) is 173 Å². The van der Waals surface area contributed by atoms with Crippen molar-refractivity contribution in [1.82, 2.24) is 25.4 Å². The Balaban J connectivity index is 0.817. The molecule has 0 bridgehead atoms. The maximum atomic E-state index is 13.7. The molecule has 1 heterocycles. The molecule has 4 saturated carbocycles. The fourth-order valence-corrected chi connectivity index (χ4v) is 15.8. The first-order chi connectivity index (χ1) is 37.4. The number of rotatable bonds is 24. The number of aliphatic hydroxyl groups excluding tert-OH is 1. The van der Waals surface area contributed by atoms with Crippen molar-refractivity contribution in [2.45, 2.75) is 181 Å². The van der Waals surface area contributed by atoms with Gasteiger partial charge in [-0.3, -0.25) is 14.4 Å². The fraction of sp³-hybridized carbons (Fsp3) is 0.661. The zero-order valence-electron chi connectivity index (χ0n) is 48.0. The van der Waals surface area contributed by atoms with Gasteiger partial charge < -0.3 is 45.6 Å². The number of carbonyl (C=O) groups is 5. The molecule has 6 N–H and O–H groups in total. The Labute approximate surface area is 471 Å². The molecule has 4 aliphatic carbocycles. The number of carboxylic acid groups (broad SMARTS) is 1. The highest BCUT2D eigenvalue weighted by atomic mass is 32.1. The average molecular weight is 1110 g/mol. The monoisotopic (exact) mass is 1110 g/mol. The fourth-order valence-electron chi connectivity index (χ4n) is 15.0. The van der Waals surface area contributed by atoms with Crippen LogP contribution in [0.3, 0.4) is 0 Å². The van der Waals surface area contributed by atoms with Crippen LogP contribution in [0.25, 0.3) is 23.4 Å². The number of fused-ring (bicyclic) bond motifs is 6. The van der Waals surface area contributed by atoms with Gasteiger partial charge in [0.25, 0.3) is 0 Å². The van der Waals surface area contributed by atoms with Crippen molar-refractivity contribution in [2.24, 2.45) is 46.3 Å². The number of phenols is 2. The second kappa shape index (κ2) is 25.8. The molecule has 4 aliphatic rings. The molecule has 1 aromatic heterocycles. The molecule has 7 rings (SSSR count). The van der Waals surface area contributed by atoms with Crippen molar-refractivity contribution < 1.29 is 49.1 Å². The van der Waals surface area contributed by atoms with Crippen LogP contribution < -0.4 is 25.8 Å². The Kier molecular flexibility index (Phi) is 19.9. The van der Waals surface area contributed by atoms with Gasteiger partial charge in [0, 0.05) is 85.5 Å². The minimum atomic E-state index is -1.06. The molecule has 0 radical (unpaired) electrons. The molecule has 3 aromatic rings. The predicted octanol–water partition coefficient (Wildman–Crippen LogP) is 9.19. The third-order valence-electron chi connectivity index (χ3n) is 19.7. The third-order valence-corrected chi connectivity index (χ3v) is 20.6. The van der Waals surface area contributed by atoms with Crippen molar-refractivity contribution in [1.29, 1.82) is 5.26 Å². The number of aliphatic carboxylic acids is 1. The van der Waals surface area contributed by atoms with Crippen LogP contribution in [0.5, 0.6) is 17.2 Å². The molecule has 0 saturated heterocycles. The lowest BCUT2D eigenvalue weighted by molar-refractivity contribution is -0.142. The van der Waals surface area contributed by atoms with Crippen LogP contribution in [0.15, 0.2) is 18.2 Å². The highest BCUT2D eigenvalue weighted by Gasteiger charge is 2.60. The van der Waals surface area contributed by atoms with Crippen molar-refractivity contribution in [3.05, 3.63) is 44.8 Å². The SMILES string of the molecule is C=c1c(C)c(O)c(=C)c(C(C)(C)CC(=O)N(C)CCN(CCCCCC(=O)NCCCCC(NC(=O)CCC(C)C2CCC3C4CCC5CC(O)CCC5(C)C4CCC23C)C(=O)O)C(=O)Oc2ccc3nc(C#N)sc3c2)c1O. The normalized spacial score (nSPS) is 25.2. The Bertz CT molecular complexity index is 2870. The van der Waals surface area contributed by atoms with E-state index in [2.05, 4.69) is 49.5 Å². The van der Waals surface area contributed by atoms with E-state index in [1.165, 1.54) is 59.7 Å². The zero-order valence-corrected chi connectivity index (χ0v) is 48.8. The molecule has 10 unspecified atom stereocenters. The van der Waals surface area contributed by atoms with Gasteiger partial charge >= 0.3 is 12.1 Å². The maximum Gasteiger partial charge on any atom is 0.415 e. The number of aromatic nitrogens is 1. The number of amides is 4. The number of benzene rings is 2. The summed E-state index contributed by atoms with van der Waals surface area (Å²) < 4.78 is 6.48. The quantitative estimate of drug-likeness (QED) is 0.0363. The summed E-state index contributed by atoms with van der Waals surface area (Å²) >= 11 is 1.18. The van der Waals surface area contributed by atoms with Gasteiger partial charge in [0.15, 0.2) is 5.01 Å². The number of nitrogens with zero attached hydrogens (tertiary/aromatic N) is 4. The number of phenolic OH excluding ortho intramolecular Hbond substituents is 2. The molecule has 432 valence electrons. The summed E-state index contributed by atoms with van der Waals surface area (Å²) in [5.41, 5.74) is 1.03. The van der Waals surface area contributed by atoms with Gasteiger partial charge in [-0.05, 0) is 162 Å². The number of thiazole rings is 1. The molecule has 17 heteroatoms. The van der Waals surface area contributed by atoms with E-state index in [1.807, 2.05) is 6.07 Å². The van der Waals surface area contributed by atoms with Crippen LogP contribution in [-0.4, -0.2) is 110 Å². The smallest absolute Gasteiger partial charge is 0.415 e. The van der Waals surface area contributed by atoms with Crippen molar-refractivity contribution >= 4 is 64.5 Å². The topological polar surface area (TPSA) is 243 Å². The molecule has 10 atom stereocenters. The van der Waals surface area contributed by atoms with E-state index in [1.54, 1.807) is 46.0 Å². The molecule has 79 heavy (non-hydrogen) atoms. The van der Waals surface area contributed by atoms with Crippen molar-refractivity contribution in [3.63, 3.8) is 0 Å². The van der Waals surface area contributed by atoms with Crippen molar-refractivity contribution in [3.8, 4) is 23.3 Å². The average Bonchev–Trinajstić information content (AvgIpc) is 4.22. The van der Waals surface area contributed by atoms with Gasteiger partial charge in [-0.25, -0.2) is 14.6 Å². The second-order valence-corrected chi connectivity index (χ2v) is 26.1. The minimum Gasteiger partial charge on any atom is -0.507 e. The summed E-state index contributed by atoms with van der Waals surface area (Å²) in [5, 5.41) is 58.0. The summed E-state index contributed by atoms with van der Waals surface area (Å²) in [6.45, 7) is 21.3. The molecule has 0 aliphatic heterocycles. The first-order valence-electron chi connectivity index (χ1n) is 29.1. The number of aromatic hydroxyl groups is 2. The number of unbranched alkanes of at least 4 members (excludes halogenated alkanes) is 3. The second-order valence-electron chi connectivity index (χ2n) is 25.1. The van der Waals surface area contributed by atoms with Gasteiger partial charge in [0.2, 0.25) is 17.7 Å². The van der Waals surface area contributed by atoms with Gasteiger partial charge in [-0.1, -0.05) is 54.2 Å². The third kappa shape index (κ3) is 13.9. The Hall–Kier alpha value is -5.73. The summed E-state index contributed by atoms with van der Waals surface area (Å²) in [5.74, 6) is 2.15.